The predicted octanol–water partition coefficient (Wildman–Crippen LogP) is -0.686. The number of carboxylic acid groups (broad SMARTS) is 1. The second-order valence-electron chi connectivity index (χ2n) is 5.46. The van der Waals surface area contributed by atoms with E-state index < -0.39 is 11.4 Å². The fourth-order valence-electron chi connectivity index (χ4n) is 2.73. The molecule has 0 radical (unpaired) electrons. The molecule has 7 heteroatoms. The van der Waals surface area contributed by atoms with Crippen molar-refractivity contribution < 1.29 is 44.3 Å². The molecule has 1 aromatic carbocycles. The number of rotatable bonds is 5. The van der Waals surface area contributed by atoms with Crippen molar-refractivity contribution in [1.29, 1.82) is 0 Å². The maximum Gasteiger partial charge on any atom is 1.00 e. The summed E-state index contributed by atoms with van der Waals surface area (Å²) in [4.78, 5) is 23.3. The van der Waals surface area contributed by atoms with Gasteiger partial charge in [0.1, 0.15) is 0 Å². The zero-order valence-electron chi connectivity index (χ0n) is 12.5. The van der Waals surface area contributed by atoms with E-state index in [-0.39, 0.29) is 48.4 Å². The van der Waals surface area contributed by atoms with Crippen LogP contribution in [0.15, 0.2) is 18.2 Å². The number of carbonyl (C=O) groups is 2. The van der Waals surface area contributed by atoms with Crippen molar-refractivity contribution in [3.05, 3.63) is 33.8 Å². The van der Waals surface area contributed by atoms with Gasteiger partial charge in [-0.25, -0.2) is 0 Å². The van der Waals surface area contributed by atoms with Crippen molar-refractivity contribution in [2.24, 2.45) is 5.41 Å². The molecule has 1 aromatic rings. The first kappa shape index (κ1) is 19.8. The first-order valence-corrected chi connectivity index (χ1v) is 7.61. The van der Waals surface area contributed by atoms with Gasteiger partial charge < -0.3 is 15.2 Å². The summed E-state index contributed by atoms with van der Waals surface area (Å²) >= 11 is 11.8. The summed E-state index contributed by atoms with van der Waals surface area (Å²) in [5.74, 6) is -1.42. The minimum absolute atomic E-state index is 0. The van der Waals surface area contributed by atoms with Gasteiger partial charge in [-0.2, -0.15) is 0 Å². The molecule has 1 amide bonds. The Bertz CT molecular complexity index is 560. The Labute approximate surface area is 161 Å². The van der Waals surface area contributed by atoms with Crippen molar-refractivity contribution in [1.82, 2.24) is 5.32 Å². The minimum atomic E-state index is -1.13. The molecular formula is C15H16Cl2NNaO3. The van der Waals surface area contributed by atoms with Crippen LogP contribution in [-0.2, 0) is 16.1 Å². The number of hydrogen-bond donors (Lipinski definition) is 1. The zero-order valence-corrected chi connectivity index (χ0v) is 16.0. The smallest absolute Gasteiger partial charge is 0.550 e. The van der Waals surface area contributed by atoms with Crippen molar-refractivity contribution in [3.63, 3.8) is 0 Å². The van der Waals surface area contributed by atoms with E-state index in [4.69, 9.17) is 23.2 Å². The van der Waals surface area contributed by atoms with Crippen molar-refractivity contribution in [2.75, 3.05) is 0 Å². The first-order valence-electron chi connectivity index (χ1n) is 6.85. The summed E-state index contributed by atoms with van der Waals surface area (Å²) in [6.45, 7) is 0.248. The summed E-state index contributed by atoms with van der Waals surface area (Å²) in [5, 5.41) is 15.0. The third-order valence-corrected chi connectivity index (χ3v) is 4.57. The quantitative estimate of drug-likeness (QED) is 0.714. The SMILES string of the molecule is O=C(CC1(C(=O)[O-])CCCC1)NCc1ccc(Cl)cc1Cl.[Na+]. The van der Waals surface area contributed by atoms with Crippen LogP contribution in [0.3, 0.4) is 0 Å². The zero-order chi connectivity index (χ0) is 15.5. The Morgan fingerprint density at radius 2 is 1.86 bits per heavy atom. The monoisotopic (exact) mass is 351 g/mol. The van der Waals surface area contributed by atoms with Crippen molar-refractivity contribution in [3.8, 4) is 0 Å². The molecular weight excluding hydrogens is 336 g/mol. The summed E-state index contributed by atoms with van der Waals surface area (Å²) in [7, 11) is 0. The average molecular weight is 352 g/mol. The number of carboxylic acids is 1. The summed E-state index contributed by atoms with van der Waals surface area (Å²) in [5.41, 5.74) is -0.267. The molecule has 0 aromatic heterocycles. The fraction of sp³-hybridized carbons (Fsp3) is 0.467. The normalized spacial score (nSPS) is 15.9. The van der Waals surface area contributed by atoms with E-state index in [2.05, 4.69) is 5.32 Å². The predicted molar refractivity (Wildman–Crippen MR) is 78.8 cm³/mol. The van der Waals surface area contributed by atoms with Crippen LogP contribution >= 0.6 is 23.2 Å². The maximum atomic E-state index is 12.0. The third kappa shape index (κ3) is 4.87. The Morgan fingerprint density at radius 1 is 1.23 bits per heavy atom. The van der Waals surface area contributed by atoms with Crippen LogP contribution < -0.4 is 40.0 Å². The van der Waals surface area contributed by atoms with Gasteiger partial charge in [-0.05, 0) is 30.5 Å². The first-order chi connectivity index (χ1) is 9.93. The number of amides is 1. The number of carbonyl (C=O) groups excluding carboxylic acids is 2. The molecule has 2 rings (SSSR count). The van der Waals surface area contributed by atoms with Gasteiger partial charge in [0.2, 0.25) is 5.91 Å². The molecule has 1 aliphatic carbocycles. The Hall–Kier alpha value is -0.260. The summed E-state index contributed by atoms with van der Waals surface area (Å²) < 4.78 is 0. The molecule has 0 saturated heterocycles. The third-order valence-electron chi connectivity index (χ3n) is 3.98. The molecule has 0 atom stereocenters. The van der Waals surface area contributed by atoms with Crippen LogP contribution in [0.25, 0.3) is 0 Å². The van der Waals surface area contributed by atoms with Crippen LogP contribution in [0.1, 0.15) is 37.7 Å². The Morgan fingerprint density at radius 3 is 2.41 bits per heavy atom. The second kappa shape index (κ2) is 8.55. The van der Waals surface area contributed by atoms with Crippen molar-refractivity contribution >= 4 is 35.1 Å². The van der Waals surface area contributed by atoms with E-state index in [1.54, 1.807) is 18.2 Å². The van der Waals surface area contributed by atoms with E-state index >= 15 is 0 Å². The number of hydrogen-bond acceptors (Lipinski definition) is 3. The van der Waals surface area contributed by atoms with E-state index in [9.17, 15) is 14.7 Å². The molecule has 1 N–H and O–H groups in total. The van der Waals surface area contributed by atoms with Crippen LogP contribution in [0.4, 0.5) is 0 Å². The van der Waals surface area contributed by atoms with Gasteiger partial charge in [0.05, 0.1) is 0 Å². The molecule has 4 nitrogen and oxygen atoms in total. The van der Waals surface area contributed by atoms with Gasteiger partial charge in [-0.3, -0.25) is 4.79 Å². The van der Waals surface area contributed by atoms with Gasteiger partial charge in [0.15, 0.2) is 0 Å². The number of benzene rings is 1. The molecule has 22 heavy (non-hydrogen) atoms. The van der Waals surface area contributed by atoms with Gasteiger partial charge in [0.25, 0.3) is 0 Å². The topological polar surface area (TPSA) is 69.2 Å². The fourth-order valence-corrected chi connectivity index (χ4v) is 3.21. The molecule has 0 heterocycles. The Kier molecular flexibility index (Phi) is 7.69. The molecule has 1 fully saturated rings. The number of aliphatic carboxylic acids is 1. The average Bonchev–Trinajstić information content (AvgIpc) is 2.87. The van der Waals surface area contributed by atoms with Gasteiger partial charge in [-0.15, -0.1) is 0 Å². The molecule has 0 spiro atoms. The number of halogens is 2. The van der Waals surface area contributed by atoms with E-state index in [0.717, 1.165) is 18.4 Å². The molecule has 1 saturated carbocycles. The van der Waals surface area contributed by atoms with Gasteiger partial charge in [-0.1, -0.05) is 42.1 Å². The second-order valence-corrected chi connectivity index (χ2v) is 6.31. The largest absolute Gasteiger partial charge is 1.00 e. The summed E-state index contributed by atoms with van der Waals surface area (Å²) in [6.07, 6.45) is 2.62. The van der Waals surface area contributed by atoms with Gasteiger partial charge >= 0.3 is 29.6 Å². The molecule has 114 valence electrons. The Balaban J connectivity index is 0.00000242. The molecule has 0 aliphatic heterocycles. The maximum absolute atomic E-state index is 12.0. The number of nitrogens with one attached hydrogen (secondary N) is 1. The van der Waals surface area contributed by atoms with Crippen molar-refractivity contribution in [2.45, 2.75) is 38.6 Å². The van der Waals surface area contributed by atoms with Gasteiger partial charge in [0, 0.05) is 34.4 Å². The van der Waals surface area contributed by atoms with Crippen LogP contribution in [0, 0.1) is 5.41 Å². The summed E-state index contributed by atoms with van der Waals surface area (Å²) in [6, 6.07) is 5.02. The van der Waals surface area contributed by atoms with E-state index in [1.165, 1.54) is 0 Å². The molecule has 0 bridgehead atoms. The standard InChI is InChI=1S/C15H17Cl2NO3.Na/c16-11-4-3-10(12(17)7-11)9-18-13(19)8-15(14(20)21)5-1-2-6-15;/h3-4,7H,1-2,5-6,8-9H2,(H,18,19)(H,20,21);/q;+1/p-1. The van der Waals surface area contributed by atoms with E-state index in [0.29, 0.717) is 22.9 Å². The van der Waals surface area contributed by atoms with Crippen LogP contribution in [-0.4, -0.2) is 11.9 Å². The van der Waals surface area contributed by atoms with Crippen LogP contribution in [0.5, 0.6) is 0 Å². The minimum Gasteiger partial charge on any atom is -0.550 e. The van der Waals surface area contributed by atoms with Crippen LogP contribution in [0.2, 0.25) is 10.0 Å². The molecule has 0 unspecified atom stereocenters. The molecule has 1 aliphatic rings. The van der Waals surface area contributed by atoms with E-state index in [1.807, 2.05) is 0 Å².